The Balaban J connectivity index is 2.12. The van der Waals surface area contributed by atoms with E-state index in [0.29, 0.717) is 16.9 Å². The van der Waals surface area contributed by atoms with Crippen molar-refractivity contribution in [1.29, 1.82) is 0 Å². The van der Waals surface area contributed by atoms with Crippen molar-refractivity contribution in [3.05, 3.63) is 35.5 Å². The molecule has 2 N–H and O–H groups in total. The summed E-state index contributed by atoms with van der Waals surface area (Å²) in [6.45, 7) is 7.27. The first kappa shape index (κ1) is 23.8. The van der Waals surface area contributed by atoms with Crippen LogP contribution in [0.3, 0.4) is 0 Å². The molecular formula is C19H27N5O4S2. The summed E-state index contributed by atoms with van der Waals surface area (Å²) in [5.74, 6) is -0.203. The van der Waals surface area contributed by atoms with Gasteiger partial charge in [0.1, 0.15) is 0 Å². The summed E-state index contributed by atoms with van der Waals surface area (Å²) in [6.07, 6.45) is 0. The van der Waals surface area contributed by atoms with E-state index in [-0.39, 0.29) is 20.8 Å². The number of nitrogens with one attached hydrogen (secondary N) is 2. The molecule has 0 fully saturated rings. The van der Waals surface area contributed by atoms with Crippen LogP contribution in [-0.4, -0.2) is 56.3 Å². The first-order chi connectivity index (χ1) is 13.7. The maximum Gasteiger partial charge on any atom is 0.327 e. The predicted molar refractivity (Wildman–Crippen MR) is 119 cm³/mol. The molecule has 1 heterocycles. The lowest BCUT2D eigenvalue weighted by Gasteiger charge is -2.20. The van der Waals surface area contributed by atoms with Crippen molar-refractivity contribution in [3.8, 4) is 0 Å². The van der Waals surface area contributed by atoms with Gasteiger partial charge in [-0.15, -0.1) is 0 Å². The van der Waals surface area contributed by atoms with E-state index in [2.05, 4.69) is 15.6 Å². The van der Waals surface area contributed by atoms with Gasteiger partial charge in [-0.1, -0.05) is 11.3 Å². The number of hydrogen-bond donors (Lipinski definition) is 2. The van der Waals surface area contributed by atoms with Gasteiger partial charge in [0.05, 0.1) is 5.69 Å². The summed E-state index contributed by atoms with van der Waals surface area (Å²) < 4.78 is 25.9. The number of anilines is 2. The number of carbonyl (C=O) groups excluding carboxylic acids is 2. The van der Waals surface area contributed by atoms with E-state index in [1.807, 2.05) is 20.8 Å². The Hall–Kier alpha value is -2.50. The zero-order valence-electron chi connectivity index (χ0n) is 18.1. The van der Waals surface area contributed by atoms with Gasteiger partial charge in [0.15, 0.2) is 9.34 Å². The Kier molecular flexibility index (Phi) is 6.90. The standard InChI is InChI=1S/C19H27N5O4S2/c1-12-16(30(27,28)23(5)6)29-18(20-12)24(7)17(26)21-14-10-8-13(9-11-14)15(25)22-19(2,3)4/h8-11H,1-7H3,(H,21,26)(H,22,25). The fourth-order valence-corrected chi connectivity index (χ4v) is 4.93. The average Bonchev–Trinajstić information content (AvgIpc) is 3.02. The van der Waals surface area contributed by atoms with Gasteiger partial charge in [-0.25, -0.2) is 22.5 Å². The van der Waals surface area contributed by atoms with E-state index in [1.165, 1.54) is 26.0 Å². The molecule has 0 spiro atoms. The molecule has 30 heavy (non-hydrogen) atoms. The van der Waals surface area contributed by atoms with Gasteiger partial charge in [0.25, 0.3) is 15.9 Å². The van der Waals surface area contributed by atoms with Crippen LogP contribution in [-0.2, 0) is 10.0 Å². The summed E-state index contributed by atoms with van der Waals surface area (Å²) in [5.41, 5.74) is 0.953. The quantitative estimate of drug-likeness (QED) is 0.723. The second-order valence-electron chi connectivity index (χ2n) is 7.93. The second-order valence-corrected chi connectivity index (χ2v) is 11.3. The van der Waals surface area contributed by atoms with Crippen molar-refractivity contribution < 1.29 is 18.0 Å². The smallest absolute Gasteiger partial charge is 0.327 e. The predicted octanol–water partition coefficient (Wildman–Crippen LogP) is 2.90. The van der Waals surface area contributed by atoms with Gasteiger partial charge in [0, 0.05) is 37.9 Å². The van der Waals surface area contributed by atoms with Crippen LogP contribution in [0.4, 0.5) is 15.6 Å². The van der Waals surface area contributed by atoms with Crippen LogP contribution in [0.1, 0.15) is 36.8 Å². The van der Waals surface area contributed by atoms with Gasteiger partial charge in [0.2, 0.25) is 0 Å². The minimum Gasteiger partial charge on any atom is -0.347 e. The van der Waals surface area contributed by atoms with Crippen molar-refractivity contribution in [2.24, 2.45) is 0 Å². The number of amides is 3. The minimum atomic E-state index is -3.64. The Bertz CT molecular complexity index is 1040. The Morgan fingerprint density at radius 2 is 1.63 bits per heavy atom. The molecule has 164 valence electrons. The molecule has 3 amide bonds. The SMILES string of the molecule is Cc1nc(N(C)C(=O)Nc2ccc(C(=O)NC(C)(C)C)cc2)sc1S(=O)(=O)N(C)C. The highest BCUT2D eigenvalue weighted by atomic mass is 32.2. The third-order valence-electron chi connectivity index (χ3n) is 3.94. The molecule has 0 aliphatic rings. The van der Waals surface area contributed by atoms with Crippen LogP contribution in [0.15, 0.2) is 28.5 Å². The second kappa shape index (κ2) is 8.70. The van der Waals surface area contributed by atoms with E-state index in [1.54, 1.807) is 31.2 Å². The molecule has 11 heteroatoms. The number of carbonyl (C=O) groups is 2. The van der Waals surface area contributed by atoms with Crippen LogP contribution >= 0.6 is 11.3 Å². The molecule has 0 bridgehead atoms. The highest BCUT2D eigenvalue weighted by Crippen LogP contribution is 2.31. The van der Waals surface area contributed by atoms with Crippen molar-refractivity contribution in [3.63, 3.8) is 0 Å². The van der Waals surface area contributed by atoms with E-state index in [4.69, 9.17) is 0 Å². The number of aryl methyl sites for hydroxylation is 1. The largest absolute Gasteiger partial charge is 0.347 e. The first-order valence-corrected chi connectivity index (χ1v) is 11.4. The molecule has 0 unspecified atom stereocenters. The molecule has 0 radical (unpaired) electrons. The van der Waals surface area contributed by atoms with Gasteiger partial charge in [-0.2, -0.15) is 0 Å². The number of sulfonamides is 1. The van der Waals surface area contributed by atoms with Crippen LogP contribution in [0.5, 0.6) is 0 Å². The van der Waals surface area contributed by atoms with Crippen molar-refractivity contribution in [1.82, 2.24) is 14.6 Å². The molecule has 0 aliphatic heterocycles. The third kappa shape index (κ3) is 5.55. The first-order valence-electron chi connectivity index (χ1n) is 9.09. The van der Waals surface area contributed by atoms with Crippen molar-refractivity contribution in [2.75, 3.05) is 31.4 Å². The summed E-state index contributed by atoms with van der Waals surface area (Å²) in [7, 11) is 0.748. The van der Waals surface area contributed by atoms with Crippen LogP contribution in [0.25, 0.3) is 0 Å². The fourth-order valence-electron chi connectivity index (χ4n) is 2.33. The van der Waals surface area contributed by atoms with Gasteiger partial charge in [-0.05, 0) is 52.0 Å². The molecule has 0 aliphatic carbocycles. The van der Waals surface area contributed by atoms with E-state index in [0.717, 1.165) is 15.6 Å². The molecular weight excluding hydrogens is 426 g/mol. The van der Waals surface area contributed by atoms with Crippen molar-refractivity contribution in [2.45, 2.75) is 37.4 Å². The summed E-state index contributed by atoms with van der Waals surface area (Å²) in [4.78, 5) is 30.2. The minimum absolute atomic E-state index is 0.0939. The third-order valence-corrected chi connectivity index (χ3v) is 7.57. The Labute approximate surface area is 181 Å². The number of aromatic nitrogens is 1. The zero-order valence-corrected chi connectivity index (χ0v) is 19.7. The van der Waals surface area contributed by atoms with E-state index >= 15 is 0 Å². The lowest BCUT2D eigenvalue weighted by atomic mass is 10.1. The van der Waals surface area contributed by atoms with Gasteiger partial charge >= 0.3 is 6.03 Å². The monoisotopic (exact) mass is 453 g/mol. The lowest BCUT2D eigenvalue weighted by Crippen LogP contribution is -2.40. The number of hydrogen-bond acceptors (Lipinski definition) is 6. The summed E-state index contributed by atoms with van der Waals surface area (Å²) >= 11 is 0.925. The molecule has 2 rings (SSSR count). The number of rotatable bonds is 5. The fraction of sp³-hybridized carbons (Fsp3) is 0.421. The number of urea groups is 1. The maximum atomic E-state index is 12.6. The molecule has 1 aromatic heterocycles. The molecule has 9 nitrogen and oxygen atoms in total. The number of nitrogens with zero attached hydrogens (tertiary/aromatic N) is 3. The number of benzene rings is 1. The van der Waals surface area contributed by atoms with Crippen molar-refractivity contribution >= 4 is 44.1 Å². The summed E-state index contributed by atoms with van der Waals surface area (Å²) in [6, 6.07) is 6.00. The molecule has 0 atom stereocenters. The molecule has 0 saturated heterocycles. The topological polar surface area (TPSA) is 112 Å². The van der Waals surface area contributed by atoms with Crippen LogP contribution in [0.2, 0.25) is 0 Å². The molecule has 2 aromatic rings. The average molecular weight is 454 g/mol. The van der Waals surface area contributed by atoms with E-state index < -0.39 is 16.1 Å². The highest BCUT2D eigenvalue weighted by molar-refractivity contribution is 7.91. The van der Waals surface area contributed by atoms with Gasteiger partial charge in [-0.3, -0.25) is 9.69 Å². The van der Waals surface area contributed by atoms with Gasteiger partial charge < -0.3 is 10.6 Å². The summed E-state index contributed by atoms with van der Waals surface area (Å²) in [5, 5.41) is 5.83. The molecule has 1 aromatic carbocycles. The number of thiazole rings is 1. The normalized spacial score (nSPS) is 12.0. The lowest BCUT2D eigenvalue weighted by molar-refractivity contribution is 0.0919. The Morgan fingerprint density at radius 1 is 1.07 bits per heavy atom. The zero-order chi connectivity index (χ0) is 22.9. The van der Waals surface area contributed by atoms with E-state index in [9.17, 15) is 18.0 Å². The van der Waals surface area contributed by atoms with Crippen LogP contribution in [0, 0.1) is 6.92 Å². The molecule has 0 saturated carbocycles. The Morgan fingerprint density at radius 3 is 2.13 bits per heavy atom. The highest BCUT2D eigenvalue weighted by Gasteiger charge is 2.26. The van der Waals surface area contributed by atoms with Crippen LogP contribution < -0.4 is 15.5 Å². The maximum absolute atomic E-state index is 12.6.